The first-order chi connectivity index (χ1) is 9.33. The molecule has 0 saturated heterocycles. The number of pyridine rings is 1. The maximum Gasteiger partial charge on any atom is 0.161 e. The number of benzene rings is 1. The van der Waals surface area contributed by atoms with Gasteiger partial charge >= 0.3 is 0 Å². The molecule has 98 valence electrons. The minimum absolute atomic E-state index is 0.414. The summed E-state index contributed by atoms with van der Waals surface area (Å²) in [4.78, 5) is 4.02. The summed E-state index contributed by atoms with van der Waals surface area (Å²) in [6.45, 7) is 0.414. The Bertz CT molecular complexity index is 556. The van der Waals surface area contributed by atoms with Crippen molar-refractivity contribution in [2.75, 3.05) is 7.11 Å². The van der Waals surface area contributed by atoms with Crippen LogP contribution in [0.5, 0.6) is 11.5 Å². The van der Waals surface area contributed by atoms with Crippen LogP contribution in [0.2, 0.25) is 0 Å². The van der Waals surface area contributed by atoms with Crippen molar-refractivity contribution in [3.8, 4) is 11.5 Å². The molecule has 0 unspecified atom stereocenters. The first-order valence-electron chi connectivity index (χ1n) is 5.70. The Morgan fingerprint density at radius 2 is 2.21 bits per heavy atom. The molecule has 19 heavy (non-hydrogen) atoms. The van der Waals surface area contributed by atoms with Gasteiger partial charge in [-0.2, -0.15) is 0 Å². The Morgan fingerprint density at radius 1 is 1.32 bits per heavy atom. The van der Waals surface area contributed by atoms with Gasteiger partial charge in [-0.1, -0.05) is 11.2 Å². The monoisotopic (exact) mass is 258 g/mol. The highest BCUT2D eigenvalue weighted by molar-refractivity contribution is 5.80. The van der Waals surface area contributed by atoms with Gasteiger partial charge in [0.1, 0.15) is 6.61 Å². The van der Waals surface area contributed by atoms with E-state index in [2.05, 4.69) is 10.1 Å². The van der Waals surface area contributed by atoms with Gasteiger partial charge in [-0.25, -0.2) is 0 Å². The number of nitrogens with zero attached hydrogens (tertiary/aromatic N) is 2. The van der Waals surface area contributed by atoms with Crippen molar-refractivity contribution in [1.82, 2.24) is 4.98 Å². The molecular weight excluding hydrogens is 244 g/mol. The summed E-state index contributed by atoms with van der Waals surface area (Å²) in [5.41, 5.74) is 1.71. The van der Waals surface area contributed by atoms with E-state index < -0.39 is 0 Å². The fourth-order valence-electron chi connectivity index (χ4n) is 1.59. The number of rotatable bonds is 5. The Balaban J connectivity index is 2.11. The predicted molar refractivity (Wildman–Crippen MR) is 70.9 cm³/mol. The molecule has 0 bridgehead atoms. The standard InChI is InChI=1S/C14H14N2O3/c1-18-14-7-11(9-16-17)4-5-13(14)19-10-12-3-2-6-15-8-12/h2-9,17H,10H2,1H3. The lowest BCUT2D eigenvalue weighted by atomic mass is 10.2. The summed E-state index contributed by atoms with van der Waals surface area (Å²) >= 11 is 0. The molecule has 0 aliphatic heterocycles. The number of methoxy groups -OCH3 is 1. The average molecular weight is 258 g/mol. The van der Waals surface area contributed by atoms with E-state index in [0.717, 1.165) is 11.1 Å². The maximum atomic E-state index is 8.50. The van der Waals surface area contributed by atoms with E-state index in [1.54, 1.807) is 37.7 Å². The van der Waals surface area contributed by atoms with Crippen LogP contribution in [0, 0.1) is 0 Å². The van der Waals surface area contributed by atoms with Crippen LogP contribution in [-0.4, -0.2) is 23.5 Å². The van der Waals surface area contributed by atoms with Gasteiger partial charge in [0.15, 0.2) is 11.5 Å². The Kier molecular flexibility index (Phi) is 4.34. The van der Waals surface area contributed by atoms with Crippen molar-refractivity contribution in [3.05, 3.63) is 53.9 Å². The molecule has 0 atom stereocenters. The van der Waals surface area contributed by atoms with Gasteiger partial charge in [0, 0.05) is 23.5 Å². The normalized spacial score (nSPS) is 10.6. The molecule has 0 amide bonds. The van der Waals surface area contributed by atoms with Crippen LogP contribution in [-0.2, 0) is 6.61 Å². The van der Waals surface area contributed by atoms with Gasteiger partial charge in [-0.05, 0) is 24.3 Å². The van der Waals surface area contributed by atoms with Gasteiger partial charge in [0.25, 0.3) is 0 Å². The second-order valence-electron chi connectivity index (χ2n) is 3.80. The molecule has 0 aliphatic rings. The largest absolute Gasteiger partial charge is 0.493 e. The zero-order chi connectivity index (χ0) is 13.5. The van der Waals surface area contributed by atoms with Crippen LogP contribution in [0.25, 0.3) is 0 Å². The third-order valence-electron chi connectivity index (χ3n) is 2.51. The van der Waals surface area contributed by atoms with Crippen molar-refractivity contribution < 1.29 is 14.7 Å². The zero-order valence-electron chi connectivity index (χ0n) is 10.5. The van der Waals surface area contributed by atoms with E-state index in [9.17, 15) is 0 Å². The number of aromatic nitrogens is 1. The Hall–Kier alpha value is -2.56. The van der Waals surface area contributed by atoms with Crippen LogP contribution in [0.3, 0.4) is 0 Å². The van der Waals surface area contributed by atoms with Crippen LogP contribution in [0.15, 0.2) is 47.9 Å². The summed E-state index contributed by atoms with van der Waals surface area (Å²) in [6.07, 6.45) is 4.79. The fraction of sp³-hybridized carbons (Fsp3) is 0.143. The van der Waals surface area contributed by atoms with Crippen molar-refractivity contribution in [1.29, 1.82) is 0 Å². The third kappa shape index (κ3) is 3.45. The van der Waals surface area contributed by atoms with Crippen LogP contribution in [0.1, 0.15) is 11.1 Å². The number of hydrogen-bond donors (Lipinski definition) is 1. The topological polar surface area (TPSA) is 63.9 Å². The SMILES string of the molecule is COc1cc(C=NO)ccc1OCc1cccnc1. The van der Waals surface area contributed by atoms with E-state index >= 15 is 0 Å². The minimum Gasteiger partial charge on any atom is -0.493 e. The summed E-state index contributed by atoms with van der Waals surface area (Å²) in [7, 11) is 1.56. The fourth-order valence-corrected chi connectivity index (χ4v) is 1.59. The van der Waals surface area contributed by atoms with Gasteiger partial charge in [0.2, 0.25) is 0 Å². The quantitative estimate of drug-likeness (QED) is 0.508. The molecule has 0 radical (unpaired) electrons. The molecule has 5 nitrogen and oxygen atoms in total. The van der Waals surface area contributed by atoms with Crippen LogP contribution >= 0.6 is 0 Å². The lowest BCUT2D eigenvalue weighted by molar-refractivity contribution is 0.284. The van der Waals surface area contributed by atoms with Crippen LogP contribution in [0.4, 0.5) is 0 Å². The van der Waals surface area contributed by atoms with E-state index in [1.165, 1.54) is 6.21 Å². The van der Waals surface area contributed by atoms with E-state index in [0.29, 0.717) is 18.1 Å². The maximum absolute atomic E-state index is 8.50. The third-order valence-corrected chi connectivity index (χ3v) is 2.51. The smallest absolute Gasteiger partial charge is 0.161 e. The highest BCUT2D eigenvalue weighted by atomic mass is 16.5. The predicted octanol–water partition coefficient (Wildman–Crippen LogP) is 2.48. The van der Waals surface area contributed by atoms with Crippen molar-refractivity contribution in [2.45, 2.75) is 6.61 Å². The van der Waals surface area contributed by atoms with Gasteiger partial charge < -0.3 is 14.7 Å². The molecule has 0 saturated carbocycles. The lowest BCUT2D eigenvalue weighted by Gasteiger charge is -2.11. The molecular formula is C14H14N2O3. The van der Waals surface area contributed by atoms with Crippen molar-refractivity contribution >= 4 is 6.21 Å². The number of ether oxygens (including phenoxy) is 2. The van der Waals surface area contributed by atoms with Crippen LogP contribution < -0.4 is 9.47 Å². The molecule has 1 aromatic carbocycles. The van der Waals surface area contributed by atoms with Gasteiger partial charge in [0.05, 0.1) is 13.3 Å². The molecule has 0 aliphatic carbocycles. The molecule has 1 aromatic heterocycles. The zero-order valence-corrected chi connectivity index (χ0v) is 10.5. The second kappa shape index (κ2) is 6.39. The average Bonchev–Trinajstić information content (AvgIpc) is 2.47. The molecule has 0 spiro atoms. The Labute approximate surface area is 111 Å². The highest BCUT2D eigenvalue weighted by Gasteiger charge is 2.05. The second-order valence-corrected chi connectivity index (χ2v) is 3.80. The number of oxime groups is 1. The van der Waals surface area contributed by atoms with E-state index in [-0.39, 0.29) is 0 Å². The van der Waals surface area contributed by atoms with Crippen molar-refractivity contribution in [2.24, 2.45) is 5.16 Å². The van der Waals surface area contributed by atoms with Gasteiger partial charge in [-0.3, -0.25) is 4.98 Å². The number of hydrogen-bond acceptors (Lipinski definition) is 5. The minimum atomic E-state index is 0.414. The van der Waals surface area contributed by atoms with E-state index in [4.69, 9.17) is 14.7 Å². The van der Waals surface area contributed by atoms with E-state index in [1.807, 2.05) is 12.1 Å². The molecule has 5 heteroatoms. The summed E-state index contributed by atoms with van der Waals surface area (Å²) in [6, 6.07) is 9.08. The molecule has 1 heterocycles. The Morgan fingerprint density at radius 3 is 2.89 bits per heavy atom. The molecule has 2 rings (SSSR count). The first kappa shape index (κ1) is 12.9. The lowest BCUT2D eigenvalue weighted by Crippen LogP contribution is -1.98. The van der Waals surface area contributed by atoms with Gasteiger partial charge in [-0.15, -0.1) is 0 Å². The van der Waals surface area contributed by atoms with Crippen molar-refractivity contribution in [3.63, 3.8) is 0 Å². The molecule has 1 N–H and O–H groups in total. The summed E-state index contributed by atoms with van der Waals surface area (Å²) < 4.78 is 10.9. The highest BCUT2D eigenvalue weighted by Crippen LogP contribution is 2.28. The molecule has 0 fully saturated rings. The first-order valence-corrected chi connectivity index (χ1v) is 5.70. The summed E-state index contributed by atoms with van der Waals surface area (Å²) in [5, 5.41) is 11.5. The molecule has 2 aromatic rings. The summed E-state index contributed by atoms with van der Waals surface area (Å²) in [5.74, 6) is 1.21.